The highest BCUT2D eigenvalue weighted by Crippen LogP contribution is 2.10. The molecular formula is C12H20N4O2. The Balaban J connectivity index is 1.80. The first-order valence-corrected chi connectivity index (χ1v) is 6.21. The number of hydrogen-bond donors (Lipinski definition) is 1. The Labute approximate surface area is 107 Å². The molecule has 6 heteroatoms. The molecule has 1 aliphatic rings. The van der Waals surface area contributed by atoms with Crippen LogP contribution < -0.4 is 10.1 Å². The fraction of sp³-hybridized carbons (Fsp3) is 0.667. The molecule has 1 saturated heterocycles. The highest BCUT2D eigenvalue weighted by atomic mass is 16.5. The molecule has 0 aromatic carbocycles. The minimum absolute atomic E-state index is 0.594. The van der Waals surface area contributed by atoms with E-state index in [2.05, 4.69) is 20.2 Å². The van der Waals surface area contributed by atoms with Crippen molar-refractivity contribution in [2.75, 3.05) is 51.8 Å². The molecule has 18 heavy (non-hydrogen) atoms. The Morgan fingerprint density at radius 2 is 2.17 bits per heavy atom. The van der Waals surface area contributed by atoms with Crippen molar-refractivity contribution in [2.24, 2.45) is 0 Å². The van der Waals surface area contributed by atoms with E-state index < -0.39 is 0 Å². The van der Waals surface area contributed by atoms with Gasteiger partial charge in [0, 0.05) is 37.9 Å². The second kappa shape index (κ2) is 6.51. The molecule has 0 bridgehead atoms. The Bertz CT molecular complexity index is 380. The minimum Gasteiger partial charge on any atom is -0.481 e. The summed E-state index contributed by atoms with van der Waals surface area (Å²) in [5.74, 6) is 1.22. The molecule has 0 unspecified atom stereocenters. The van der Waals surface area contributed by atoms with Crippen molar-refractivity contribution in [1.82, 2.24) is 14.9 Å². The number of methoxy groups -OCH3 is 1. The van der Waals surface area contributed by atoms with Crippen molar-refractivity contribution >= 4 is 5.95 Å². The zero-order valence-electron chi connectivity index (χ0n) is 11.0. The number of nitrogens with one attached hydrogen (secondary N) is 1. The van der Waals surface area contributed by atoms with Gasteiger partial charge in [-0.2, -0.15) is 4.98 Å². The van der Waals surface area contributed by atoms with Crippen molar-refractivity contribution in [3.8, 4) is 5.88 Å². The smallest absolute Gasteiger partial charge is 0.226 e. The van der Waals surface area contributed by atoms with Crippen molar-refractivity contribution in [1.29, 1.82) is 0 Å². The molecule has 0 radical (unpaired) electrons. The number of rotatable bonds is 5. The fourth-order valence-corrected chi connectivity index (χ4v) is 1.87. The Morgan fingerprint density at radius 3 is 2.89 bits per heavy atom. The summed E-state index contributed by atoms with van der Waals surface area (Å²) in [6.07, 6.45) is 0. The average Bonchev–Trinajstić information content (AvgIpc) is 2.39. The number of nitrogens with zero attached hydrogens (tertiary/aromatic N) is 3. The van der Waals surface area contributed by atoms with E-state index in [1.165, 1.54) is 0 Å². The van der Waals surface area contributed by atoms with Crippen LogP contribution in [0.4, 0.5) is 5.95 Å². The van der Waals surface area contributed by atoms with Crippen LogP contribution in [0.25, 0.3) is 0 Å². The largest absolute Gasteiger partial charge is 0.481 e. The molecule has 2 heterocycles. The second-order valence-corrected chi connectivity index (χ2v) is 4.26. The summed E-state index contributed by atoms with van der Waals surface area (Å²) in [5.41, 5.74) is 0.899. The van der Waals surface area contributed by atoms with E-state index in [-0.39, 0.29) is 0 Å². The topological polar surface area (TPSA) is 59.5 Å². The number of morpholine rings is 1. The number of anilines is 1. The van der Waals surface area contributed by atoms with E-state index in [1.54, 1.807) is 7.11 Å². The lowest BCUT2D eigenvalue weighted by Crippen LogP contribution is -2.39. The third-order valence-corrected chi connectivity index (χ3v) is 2.85. The van der Waals surface area contributed by atoms with Gasteiger partial charge in [-0.1, -0.05) is 0 Å². The van der Waals surface area contributed by atoms with E-state index >= 15 is 0 Å². The summed E-state index contributed by atoms with van der Waals surface area (Å²) in [7, 11) is 1.61. The van der Waals surface area contributed by atoms with Crippen molar-refractivity contribution < 1.29 is 9.47 Å². The summed E-state index contributed by atoms with van der Waals surface area (Å²) in [5, 5.41) is 3.22. The first kappa shape index (κ1) is 13.0. The van der Waals surface area contributed by atoms with Crippen molar-refractivity contribution in [3.63, 3.8) is 0 Å². The molecular weight excluding hydrogens is 232 g/mol. The molecule has 0 spiro atoms. The lowest BCUT2D eigenvalue weighted by molar-refractivity contribution is 0.0398. The molecule has 1 aliphatic heterocycles. The maximum Gasteiger partial charge on any atom is 0.226 e. The van der Waals surface area contributed by atoms with Gasteiger partial charge in [-0.15, -0.1) is 0 Å². The van der Waals surface area contributed by atoms with Crippen LogP contribution in [0.15, 0.2) is 6.07 Å². The van der Waals surface area contributed by atoms with Crippen LogP contribution in [0.3, 0.4) is 0 Å². The molecule has 100 valence electrons. The summed E-state index contributed by atoms with van der Waals surface area (Å²) in [6, 6.07) is 1.81. The van der Waals surface area contributed by atoms with E-state index in [4.69, 9.17) is 9.47 Å². The van der Waals surface area contributed by atoms with Crippen LogP contribution in [-0.2, 0) is 4.74 Å². The fourth-order valence-electron chi connectivity index (χ4n) is 1.87. The number of ether oxygens (including phenoxy) is 2. The van der Waals surface area contributed by atoms with Crippen molar-refractivity contribution in [3.05, 3.63) is 11.8 Å². The normalized spacial score (nSPS) is 16.6. The number of aromatic nitrogens is 2. The maximum absolute atomic E-state index is 5.31. The molecule has 1 fully saturated rings. The second-order valence-electron chi connectivity index (χ2n) is 4.26. The molecule has 1 aromatic rings. The number of aryl methyl sites for hydroxylation is 1. The lowest BCUT2D eigenvalue weighted by Gasteiger charge is -2.26. The van der Waals surface area contributed by atoms with E-state index in [1.807, 2.05) is 13.0 Å². The maximum atomic E-state index is 5.31. The van der Waals surface area contributed by atoms with Crippen LogP contribution in [0.2, 0.25) is 0 Å². The predicted octanol–water partition coefficient (Wildman–Crippen LogP) is 0.538. The molecule has 6 nitrogen and oxygen atoms in total. The zero-order chi connectivity index (χ0) is 12.8. The van der Waals surface area contributed by atoms with E-state index in [9.17, 15) is 0 Å². The van der Waals surface area contributed by atoms with Crippen LogP contribution in [-0.4, -0.2) is 61.4 Å². The quantitative estimate of drug-likeness (QED) is 0.825. The van der Waals surface area contributed by atoms with Crippen molar-refractivity contribution in [2.45, 2.75) is 6.92 Å². The van der Waals surface area contributed by atoms with E-state index in [0.717, 1.165) is 45.1 Å². The van der Waals surface area contributed by atoms with Gasteiger partial charge in [-0.25, -0.2) is 4.98 Å². The summed E-state index contributed by atoms with van der Waals surface area (Å²) >= 11 is 0. The van der Waals surface area contributed by atoms with Crippen LogP contribution in [0.5, 0.6) is 5.88 Å². The molecule has 0 saturated carbocycles. The Morgan fingerprint density at radius 1 is 1.39 bits per heavy atom. The Kier molecular flexibility index (Phi) is 4.72. The zero-order valence-corrected chi connectivity index (χ0v) is 11.0. The van der Waals surface area contributed by atoms with Crippen LogP contribution in [0, 0.1) is 6.92 Å². The highest BCUT2D eigenvalue weighted by Gasteiger charge is 2.09. The lowest BCUT2D eigenvalue weighted by atomic mass is 10.4. The molecule has 2 rings (SSSR count). The SMILES string of the molecule is COc1cc(C)nc(NCCN2CCOCC2)n1. The molecule has 1 aromatic heterocycles. The number of hydrogen-bond acceptors (Lipinski definition) is 6. The summed E-state index contributed by atoms with van der Waals surface area (Å²) < 4.78 is 10.4. The van der Waals surface area contributed by atoms with Crippen LogP contribution in [0.1, 0.15) is 5.69 Å². The van der Waals surface area contributed by atoms with Crippen LogP contribution >= 0.6 is 0 Å². The Hall–Kier alpha value is -1.40. The summed E-state index contributed by atoms with van der Waals surface area (Å²) in [6.45, 7) is 7.38. The van der Waals surface area contributed by atoms with Gasteiger partial charge in [0.1, 0.15) is 0 Å². The van der Waals surface area contributed by atoms with Gasteiger partial charge in [0.2, 0.25) is 11.8 Å². The highest BCUT2D eigenvalue weighted by molar-refractivity contribution is 5.30. The van der Waals surface area contributed by atoms with Gasteiger partial charge in [-0.3, -0.25) is 4.90 Å². The molecule has 0 atom stereocenters. The van der Waals surface area contributed by atoms with Gasteiger partial charge in [0.25, 0.3) is 0 Å². The average molecular weight is 252 g/mol. The van der Waals surface area contributed by atoms with E-state index in [0.29, 0.717) is 11.8 Å². The molecule has 0 amide bonds. The third-order valence-electron chi connectivity index (χ3n) is 2.85. The van der Waals surface area contributed by atoms with Gasteiger partial charge in [0.05, 0.1) is 20.3 Å². The predicted molar refractivity (Wildman–Crippen MR) is 69.1 cm³/mol. The molecule has 0 aliphatic carbocycles. The summed E-state index contributed by atoms with van der Waals surface area (Å²) in [4.78, 5) is 10.9. The van der Waals surface area contributed by atoms with Gasteiger partial charge < -0.3 is 14.8 Å². The van der Waals surface area contributed by atoms with Gasteiger partial charge in [0.15, 0.2) is 0 Å². The van der Waals surface area contributed by atoms with Gasteiger partial charge >= 0.3 is 0 Å². The minimum atomic E-state index is 0.594. The van der Waals surface area contributed by atoms with Gasteiger partial charge in [-0.05, 0) is 6.92 Å². The monoisotopic (exact) mass is 252 g/mol. The third kappa shape index (κ3) is 3.82. The standard InChI is InChI=1S/C12H20N4O2/c1-10-9-11(17-2)15-12(14-10)13-3-4-16-5-7-18-8-6-16/h9H,3-8H2,1-2H3,(H,13,14,15). The molecule has 1 N–H and O–H groups in total. The first-order valence-electron chi connectivity index (χ1n) is 6.21. The first-order chi connectivity index (χ1) is 8.78.